The average Bonchev–Trinajstić information content (AvgIpc) is 2.17. The van der Waals surface area contributed by atoms with Gasteiger partial charge in [-0.25, -0.2) is 0 Å². The normalized spacial score (nSPS) is 10.3. The second-order valence-electron chi connectivity index (χ2n) is 3.26. The van der Waals surface area contributed by atoms with Crippen LogP contribution in [0.5, 0.6) is 0 Å². The smallest absolute Gasteiger partial charge is 0.186 e. The molecule has 1 aromatic heterocycles. The van der Waals surface area contributed by atoms with Crippen molar-refractivity contribution in [3.05, 3.63) is 42.6 Å². The van der Waals surface area contributed by atoms with Gasteiger partial charge in [-0.15, -0.1) is 0 Å². The van der Waals surface area contributed by atoms with E-state index in [-0.39, 0.29) is 0 Å². The van der Waals surface area contributed by atoms with Crippen molar-refractivity contribution in [3.8, 4) is 0 Å². The molecule has 2 nitrogen and oxygen atoms in total. The van der Waals surface area contributed by atoms with Crippen LogP contribution in [-0.2, 0) is 0 Å². The van der Waals surface area contributed by atoms with Gasteiger partial charge in [-0.2, -0.15) is 5.01 Å². The van der Waals surface area contributed by atoms with Gasteiger partial charge in [0.1, 0.15) is 0 Å². The lowest BCUT2D eigenvalue weighted by atomic mass is 10.2. The number of hydrogen-bond donors (Lipinski definition) is 0. The van der Waals surface area contributed by atoms with Gasteiger partial charge < -0.3 is 0 Å². The lowest BCUT2D eigenvalue weighted by Gasteiger charge is -2.06. The van der Waals surface area contributed by atoms with Crippen LogP contribution in [0.3, 0.4) is 0 Å². The van der Waals surface area contributed by atoms with Gasteiger partial charge in [-0.3, -0.25) is 0 Å². The maximum atomic E-state index is 2.12. The topological polar surface area (TPSA) is 7.12 Å². The Morgan fingerprint density at radius 2 is 1.69 bits per heavy atom. The number of hydrogen-bond acceptors (Lipinski definition) is 1. The molecule has 0 aliphatic rings. The van der Waals surface area contributed by atoms with Crippen molar-refractivity contribution in [1.82, 2.24) is 0 Å². The summed E-state index contributed by atoms with van der Waals surface area (Å²) in [6.45, 7) is 0. The van der Waals surface area contributed by atoms with Crippen LogP contribution in [0.2, 0.25) is 0 Å². The molecule has 1 heterocycles. The number of para-hydroxylation sites is 1. The minimum atomic E-state index is 1.23. The maximum absolute atomic E-state index is 2.12. The Hall–Kier alpha value is -1.57. The summed E-state index contributed by atoms with van der Waals surface area (Å²) in [5.41, 5.74) is 1.23. The second kappa shape index (κ2) is 3.05. The molecular weight excluding hydrogens is 160 g/mol. The lowest BCUT2D eigenvalue weighted by Crippen LogP contribution is -2.52. The molecular formula is C11H13N2+. The number of pyridine rings is 1. The van der Waals surface area contributed by atoms with Crippen LogP contribution < -0.4 is 9.69 Å². The van der Waals surface area contributed by atoms with Crippen LogP contribution in [0.1, 0.15) is 0 Å². The maximum Gasteiger partial charge on any atom is 0.242 e. The summed E-state index contributed by atoms with van der Waals surface area (Å²) < 4.78 is 2.12. The number of nitrogens with zero attached hydrogens (tertiary/aromatic N) is 2. The molecule has 0 saturated heterocycles. The van der Waals surface area contributed by atoms with Crippen LogP contribution in [0.25, 0.3) is 10.9 Å². The molecule has 0 unspecified atom stereocenters. The van der Waals surface area contributed by atoms with E-state index in [1.54, 1.807) is 0 Å². The molecule has 0 bridgehead atoms. The number of benzene rings is 1. The van der Waals surface area contributed by atoms with E-state index in [1.165, 1.54) is 10.9 Å². The Labute approximate surface area is 78.0 Å². The van der Waals surface area contributed by atoms with Gasteiger partial charge in [0.15, 0.2) is 6.20 Å². The van der Waals surface area contributed by atoms with Crippen molar-refractivity contribution < 1.29 is 4.68 Å². The second-order valence-corrected chi connectivity index (χ2v) is 3.26. The zero-order valence-electron chi connectivity index (χ0n) is 7.94. The Balaban J connectivity index is 2.76. The zero-order valence-corrected chi connectivity index (χ0v) is 7.94. The van der Waals surface area contributed by atoms with Crippen LogP contribution in [0.15, 0.2) is 42.6 Å². The quantitative estimate of drug-likeness (QED) is 0.590. The summed E-state index contributed by atoms with van der Waals surface area (Å²) in [7, 11) is 4.07. The molecule has 2 aromatic rings. The van der Waals surface area contributed by atoms with Crippen LogP contribution >= 0.6 is 0 Å². The molecule has 0 fully saturated rings. The van der Waals surface area contributed by atoms with Crippen LogP contribution in [0, 0.1) is 0 Å². The third-order valence-corrected chi connectivity index (χ3v) is 2.12. The Bertz CT molecular complexity index is 416. The Kier molecular flexibility index (Phi) is 1.89. The summed E-state index contributed by atoms with van der Waals surface area (Å²) in [6.07, 6.45) is 2.06. The zero-order chi connectivity index (χ0) is 9.26. The molecule has 0 spiro atoms. The van der Waals surface area contributed by atoms with E-state index in [4.69, 9.17) is 0 Å². The van der Waals surface area contributed by atoms with Gasteiger partial charge in [0.2, 0.25) is 5.52 Å². The van der Waals surface area contributed by atoms with Crippen LogP contribution in [0.4, 0.5) is 0 Å². The van der Waals surface area contributed by atoms with E-state index in [2.05, 4.69) is 52.3 Å². The SMILES string of the molecule is CN(C)[n+]1cccc2ccccc21. The third-order valence-electron chi connectivity index (χ3n) is 2.12. The predicted molar refractivity (Wildman–Crippen MR) is 54.2 cm³/mol. The van der Waals surface area contributed by atoms with Gasteiger partial charge in [0.25, 0.3) is 0 Å². The minimum Gasteiger partial charge on any atom is -0.186 e. The Morgan fingerprint density at radius 3 is 2.46 bits per heavy atom. The van der Waals surface area contributed by atoms with Crippen molar-refractivity contribution in [3.63, 3.8) is 0 Å². The fraction of sp³-hybridized carbons (Fsp3) is 0.182. The van der Waals surface area contributed by atoms with E-state index in [9.17, 15) is 0 Å². The number of aromatic nitrogens is 1. The van der Waals surface area contributed by atoms with Gasteiger partial charge in [-0.05, 0) is 12.1 Å². The predicted octanol–water partition coefficient (Wildman–Crippen LogP) is 1.32. The molecule has 2 heteroatoms. The fourth-order valence-electron chi connectivity index (χ4n) is 1.49. The Morgan fingerprint density at radius 1 is 1.00 bits per heavy atom. The summed E-state index contributed by atoms with van der Waals surface area (Å²) in [6, 6.07) is 12.5. The van der Waals surface area contributed by atoms with Crippen molar-refractivity contribution in [2.75, 3.05) is 19.1 Å². The fourth-order valence-corrected chi connectivity index (χ4v) is 1.49. The monoisotopic (exact) mass is 173 g/mol. The molecule has 0 atom stereocenters. The van der Waals surface area contributed by atoms with E-state index >= 15 is 0 Å². The third kappa shape index (κ3) is 1.35. The molecule has 0 amide bonds. The number of rotatable bonds is 1. The standard InChI is InChI=1S/C11H13N2/c1-12(2)13-9-5-7-10-6-3-4-8-11(10)13/h3-9H,1-2H3/q+1. The van der Waals surface area contributed by atoms with Crippen molar-refractivity contribution in [2.45, 2.75) is 0 Å². The summed E-state index contributed by atoms with van der Waals surface area (Å²) in [5, 5.41) is 3.32. The average molecular weight is 173 g/mol. The number of fused-ring (bicyclic) bond motifs is 1. The molecule has 0 N–H and O–H groups in total. The van der Waals surface area contributed by atoms with Crippen molar-refractivity contribution in [1.29, 1.82) is 0 Å². The highest BCUT2D eigenvalue weighted by atomic mass is 15.5. The van der Waals surface area contributed by atoms with Gasteiger partial charge in [-0.1, -0.05) is 16.8 Å². The molecule has 0 saturated carbocycles. The van der Waals surface area contributed by atoms with E-state index < -0.39 is 0 Å². The minimum absolute atomic E-state index is 1.23. The first kappa shape index (κ1) is 8.05. The van der Waals surface area contributed by atoms with Crippen LogP contribution in [-0.4, -0.2) is 14.1 Å². The highest BCUT2D eigenvalue weighted by Gasteiger charge is 2.07. The molecule has 0 aliphatic heterocycles. The highest BCUT2D eigenvalue weighted by molar-refractivity contribution is 5.74. The first-order chi connectivity index (χ1) is 6.29. The molecule has 13 heavy (non-hydrogen) atoms. The lowest BCUT2D eigenvalue weighted by molar-refractivity contribution is -0.661. The van der Waals surface area contributed by atoms with E-state index in [1.807, 2.05) is 14.1 Å². The largest absolute Gasteiger partial charge is 0.242 e. The van der Waals surface area contributed by atoms with E-state index in [0.29, 0.717) is 0 Å². The first-order valence-electron chi connectivity index (χ1n) is 4.36. The van der Waals surface area contributed by atoms with Crippen molar-refractivity contribution >= 4 is 10.9 Å². The summed E-state index contributed by atoms with van der Waals surface area (Å²) in [5.74, 6) is 0. The van der Waals surface area contributed by atoms with Gasteiger partial charge >= 0.3 is 0 Å². The molecule has 0 radical (unpaired) electrons. The molecule has 66 valence electrons. The highest BCUT2D eigenvalue weighted by Crippen LogP contribution is 2.07. The summed E-state index contributed by atoms with van der Waals surface area (Å²) in [4.78, 5) is 0. The van der Waals surface area contributed by atoms with Crippen molar-refractivity contribution in [2.24, 2.45) is 0 Å². The summed E-state index contributed by atoms with van der Waals surface area (Å²) >= 11 is 0. The van der Waals surface area contributed by atoms with E-state index in [0.717, 1.165) is 0 Å². The first-order valence-corrected chi connectivity index (χ1v) is 4.36. The van der Waals surface area contributed by atoms with Gasteiger partial charge in [0, 0.05) is 17.5 Å². The molecule has 2 rings (SSSR count). The molecule has 1 aromatic carbocycles. The molecule has 0 aliphatic carbocycles. The van der Waals surface area contributed by atoms with Gasteiger partial charge in [0.05, 0.1) is 14.1 Å².